The minimum absolute atomic E-state index is 0.0488. The summed E-state index contributed by atoms with van der Waals surface area (Å²) >= 11 is 1.59. The van der Waals surface area contributed by atoms with Crippen molar-refractivity contribution in [2.24, 2.45) is 0 Å². The summed E-state index contributed by atoms with van der Waals surface area (Å²) in [6.45, 7) is 3.42. The molecule has 1 fully saturated rings. The highest BCUT2D eigenvalue weighted by atomic mass is 32.1. The van der Waals surface area contributed by atoms with Gasteiger partial charge in [0, 0.05) is 23.4 Å². The SMILES string of the molecule is CC(C(=O)N1CCOCC1CC(=O)c1ccccc1)c1cccs1. The molecule has 1 amide bonds. The van der Waals surface area contributed by atoms with Gasteiger partial charge in [0.05, 0.1) is 25.2 Å². The summed E-state index contributed by atoms with van der Waals surface area (Å²) in [6, 6.07) is 13.0. The molecule has 0 bridgehead atoms. The minimum Gasteiger partial charge on any atom is -0.377 e. The summed E-state index contributed by atoms with van der Waals surface area (Å²) in [6.07, 6.45) is 0.299. The van der Waals surface area contributed by atoms with Crippen LogP contribution in [0.1, 0.15) is 34.5 Å². The lowest BCUT2D eigenvalue weighted by atomic mass is 10.0. The van der Waals surface area contributed by atoms with Gasteiger partial charge in [0.2, 0.25) is 5.91 Å². The lowest BCUT2D eigenvalue weighted by molar-refractivity contribution is -0.140. The van der Waals surface area contributed by atoms with Crippen molar-refractivity contribution in [1.29, 1.82) is 0 Å². The molecule has 3 rings (SSSR count). The van der Waals surface area contributed by atoms with E-state index < -0.39 is 0 Å². The number of Topliss-reactive ketones (excluding diaryl/α,β-unsaturated/α-hetero) is 1. The van der Waals surface area contributed by atoms with Crippen LogP contribution in [0, 0.1) is 0 Å². The molecule has 1 saturated heterocycles. The van der Waals surface area contributed by atoms with Gasteiger partial charge in [-0.1, -0.05) is 36.4 Å². The first-order valence-corrected chi connectivity index (χ1v) is 9.04. The number of amides is 1. The molecule has 0 spiro atoms. The molecule has 0 saturated carbocycles. The van der Waals surface area contributed by atoms with E-state index in [1.54, 1.807) is 11.3 Å². The van der Waals surface area contributed by atoms with E-state index >= 15 is 0 Å². The number of hydrogen-bond donors (Lipinski definition) is 0. The highest BCUT2D eigenvalue weighted by Crippen LogP contribution is 2.25. The molecule has 2 heterocycles. The molecule has 126 valence electrons. The third-order valence-corrected chi connectivity index (χ3v) is 5.42. The quantitative estimate of drug-likeness (QED) is 0.782. The van der Waals surface area contributed by atoms with E-state index in [9.17, 15) is 9.59 Å². The molecule has 0 radical (unpaired) electrons. The van der Waals surface area contributed by atoms with Crippen LogP contribution in [0.15, 0.2) is 47.8 Å². The lowest BCUT2D eigenvalue weighted by Gasteiger charge is -2.36. The number of rotatable bonds is 5. The average Bonchev–Trinajstić information content (AvgIpc) is 3.16. The van der Waals surface area contributed by atoms with E-state index in [2.05, 4.69) is 0 Å². The number of ether oxygens (including phenoxy) is 1. The fourth-order valence-electron chi connectivity index (χ4n) is 2.98. The molecule has 2 atom stereocenters. The van der Waals surface area contributed by atoms with Crippen molar-refractivity contribution in [2.45, 2.75) is 25.3 Å². The second kappa shape index (κ2) is 7.73. The molecule has 2 unspecified atom stereocenters. The van der Waals surface area contributed by atoms with Crippen LogP contribution in [-0.4, -0.2) is 42.4 Å². The number of carbonyl (C=O) groups is 2. The van der Waals surface area contributed by atoms with Crippen molar-refractivity contribution >= 4 is 23.0 Å². The molecule has 1 aromatic heterocycles. The van der Waals surface area contributed by atoms with Crippen molar-refractivity contribution in [1.82, 2.24) is 4.90 Å². The van der Waals surface area contributed by atoms with Gasteiger partial charge in [0.15, 0.2) is 5.78 Å². The summed E-state index contributed by atoms with van der Waals surface area (Å²) in [5.41, 5.74) is 0.682. The standard InChI is InChI=1S/C19H21NO3S/c1-14(18-8-5-11-24-18)19(22)20-9-10-23-13-16(20)12-17(21)15-6-3-2-4-7-15/h2-8,11,14,16H,9-10,12-13H2,1H3. The van der Waals surface area contributed by atoms with Crippen LogP contribution in [0.3, 0.4) is 0 Å². The summed E-state index contributed by atoms with van der Waals surface area (Å²) in [4.78, 5) is 28.3. The first-order chi connectivity index (χ1) is 11.7. The maximum absolute atomic E-state index is 12.9. The zero-order valence-electron chi connectivity index (χ0n) is 13.7. The molecule has 0 N–H and O–H groups in total. The van der Waals surface area contributed by atoms with Crippen LogP contribution < -0.4 is 0 Å². The third-order valence-electron chi connectivity index (χ3n) is 4.37. The monoisotopic (exact) mass is 343 g/mol. The number of benzene rings is 1. The minimum atomic E-state index is -0.193. The first kappa shape index (κ1) is 16.9. The predicted molar refractivity (Wildman–Crippen MR) is 94.4 cm³/mol. The van der Waals surface area contributed by atoms with Crippen LogP contribution in [0.4, 0.5) is 0 Å². The number of thiophene rings is 1. The van der Waals surface area contributed by atoms with Crippen molar-refractivity contribution < 1.29 is 14.3 Å². The Kier molecular flexibility index (Phi) is 5.43. The Bertz CT molecular complexity index is 684. The van der Waals surface area contributed by atoms with E-state index in [0.29, 0.717) is 31.7 Å². The Labute approximate surface area is 146 Å². The fourth-order valence-corrected chi connectivity index (χ4v) is 3.75. The molecule has 4 nitrogen and oxygen atoms in total. The van der Waals surface area contributed by atoms with E-state index in [0.717, 1.165) is 4.88 Å². The molecule has 24 heavy (non-hydrogen) atoms. The topological polar surface area (TPSA) is 46.6 Å². The van der Waals surface area contributed by atoms with Gasteiger partial charge in [-0.25, -0.2) is 0 Å². The van der Waals surface area contributed by atoms with Crippen LogP contribution >= 0.6 is 11.3 Å². The van der Waals surface area contributed by atoms with Crippen LogP contribution in [-0.2, 0) is 9.53 Å². The summed E-state index contributed by atoms with van der Waals surface area (Å²) in [7, 11) is 0. The second-order valence-electron chi connectivity index (χ2n) is 5.99. The van der Waals surface area contributed by atoms with E-state index in [1.165, 1.54) is 0 Å². The summed E-state index contributed by atoms with van der Waals surface area (Å²) in [5.74, 6) is -0.0586. The van der Waals surface area contributed by atoms with Crippen LogP contribution in [0.25, 0.3) is 0 Å². The Morgan fingerprint density at radius 3 is 2.75 bits per heavy atom. The van der Waals surface area contributed by atoms with Crippen molar-refractivity contribution in [3.05, 3.63) is 58.3 Å². The number of morpholine rings is 1. The van der Waals surface area contributed by atoms with Gasteiger partial charge in [-0.3, -0.25) is 9.59 Å². The maximum Gasteiger partial charge on any atom is 0.231 e. The third kappa shape index (κ3) is 3.74. The molecule has 1 aliphatic heterocycles. The predicted octanol–water partition coefficient (Wildman–Crippen LogP) is 3.35. The molecule has 5 heteroatoms. The Morgan fingerprint density at radius 2 is 2.04 bits per heavy atom. The number of hydrogen-bond acceptors (Lipinski definition) is 4. The van der Waals surface area contributed by atoms with E-state index in [4.69, 9.17) is 4.74 Å². The van der Waals surface area contributed by atoms with Gasteiger partial charge in [0.25, 0.3) is 0 Å². The van der Waals surface area contributed by atoms with Crippen LogP contribution in [0.2, 0.25) is 0 Å². The smallest absolute Gasteiger partial charge is 0.231 e. The van der Waals surface area contributed by atoms with Crippen molar-refractivity contribution in [2.75, 3.05) is 19.8 Å². The summed E-state index contributed by atoms with van der Waals surface area (Å²) in [5, 5.41) is 1.98. The normalized spacial score (nSPS) is 19.0. The highest BCUT2D eigenvalue weighted by Gasteiger charge is 2.32. The Hall–Kier alpha value is -1.98. The van der Waals surface area contributed by atoms with Gasteiger partial charge in [-0.15, -0.1) is 11.3 Å². The number of nitrogens with zero attached hydrogens (tertiary/aromatic N) is 1. The van der Waals surface area contributed by atoms with E-state index in [1.807, 2.05) is 59.7 Å². The number of carbonyl (C=O) groups excluding carboxylic acids is 2. The molecule has 0 aliphatic carbocycles. The van der Waals surface area contributed by atoms with Gasteiger partial charge in [-0.05, 0) is 18.4 Å². The Balaban J connectivity index is 1.71. The first-order valence-electron chi connectivity index (χ1n) is 8.16. The zero-order valence-corrected chi connectivity index (χ0v) is 14.5. The van der Waals surface area contributed by atoms with Crippen molar-refractivity contribution in [3.63, 3.8) is 0 Å². The molecule has 1 aliphatic rings. The molecular weight excluding hydrogens is 322 g/mol. The Morgan fingerprint density at radius 1 is 1.25 bits per heavy atom. The van der Waals surface area contributed by atoms with Gasteiger partial charge in [-0.2, -0.15) is 0 Å². The lowest BCUT2D eigenvalue weighted by Crippen LogP contribution is -2.50. The second-order valence-corrected chi connectivity index (χ2v) is 6.97. The largest absolute Gasteiger partial charge is 0.377 e. The molecule has 1 aromatic carbocycles. The zero-order chi connectivity index (χ0) is 16.9. The molecular formula is C19H21NO3S. The highest BCUT2D eigenvalue weighted by molar-refractivity contribution is 7.10. The average molecular weight is 343 g/mol. The maximum atomic E-state index is 12.9. The fraction of sp³-hybridized carbons (Fsp3) is 0.368. The summed E-state index contributed by atoms with van der Waals surface area (Å²) < 4.78 is 5.53. The van der Waals surface area contributed by atoms with Gasteiger partial charge >= 0.3 is 0 Å². The van der Waals surface area contributed by atoms with Crippen LogP contribution in [0.5, 0.6) is 0 Å². The van der Waals surface area contributed by atoms with Gasteiger partial charge in [0.1, 0.15) is 0 Å². The van der Waals surface area contributed by atoms with Gasteiger partial charge < -0.3 is 9.64 Å². The van der Waals surface area contributed by atoms with Crippen molar-refractivity contribution in [3.8, 4) is 0 Å². The molecule has 2 aromatic rings. The van der Waals surface area contributed by atoms with E-state index in [-0.39, 0.29) is 23.7 Å². The number of ketones is 1.